The monoisotopic (exact) mass is 353 g/mol. The van der Waals surface area contributed by atoms with E-state index in [1.54, 1.807) is 0 Å². The second kappa shape index (κ2) is 8.72. The summed E-state index contributed by atoms with van der Waals surface area (Å²) in [4.78, 5) is 11.4. The lowest BCUT2D eigenvalue weighted by Crippen LogP contribution is -1.89. The standard InChI is InChI=1S/C21H24ClN3/c1-2-3-4-5-12-23-15-21-18(16-8-10-17(22)11-9-16)14-20(25-21)19-7-6-13-24-19/h6-11,13-15,24-25H,2-5,12H2,1H3. The molecular formula is C21H24ClN3. The molecule has 0 spiro atoms. The molecule has 3 nitrogen and oxygen atoms in total. The molecule has 1 aromatic carbocycles. The molecule has 0 fully saturated rings. The number of H-pyrrole nitrogens is 2. The number of halogens is 1. The molecule has 2 heterocycles. The minimum Gasteiger partial charge on any atom is -0.360 e. The number of hydrogen-bond acceptors (Lipinski definition) is 1. The van der Waals surface area contributed by atoms with Gasteiger partial charge in [0.1, 0.15) is 0 Å². The Labute approximate surface area is 154 Å². The summed E-state index contributed by atoms with van der Waals surface area (Å²) in [5.74, 6) is 0. The van der Waals surface area contributed by atoms with Crippen molar-refractivity contribution in [1.29, 1.82) is 0 Å². The van der Waals surface area contributed by atoms with Crippen molar-refractivity contribution in [1.82, 2.24) is 9.97 Å². The molecule has 0 unspecified atom stereocenters. The summed E-state index contributed by atoms with van der Waals surface area (Å²) >= 11 is 6.03. The molecule has 2 N–H and O–H groups in total. The minimum atomic E-state index is 0.745. The summed E-state index contributed by atoms with van der Waals surface area (Å²) in [7, 11) is 0. The molecule has 0 saturated heterocycles. The molecule has 3 rings (SSSR count). The van der Waals surface area contributed by atoms with Crippen molar-refractivity contribution < 1.29 is 0 Å². The zero-order chi connectivity index (χ0) is 17.5. The molecule has 0 amide bonds. The third kappa shape index (κ3) is 4.64. The average molecular weight is 354 g/mol. The highest BCUT2D eigenvalue weighted by Crippen LogP contribution is 2.29. The fourth-order valence-electron chi connectivity index (χ4n) is 2.87. The van der Waals surface area contributed by atoms with Crippen molar-refractivity contribution in [2.75, 3.05) is 6.54 Å². The van der Waals surface area contributed by atoms with Gasteiger partial charge in [-0.2, -0.15) is 0 Å². The van der Waals surface area contributed by atoms with Crippen molar-refractivity contribution >= 4 is 17.8 Å². The second-order valence-corrected chi connectivity index (χ2v) is 6.63. The third-order valence-electron chi connectivity index (χ3n) is 4.25. The van der Waals surface area contributed by atoms with Crippen LogP contribution in [0.1, 0.15) is 38.3 Å². The Balaban J connectivity index is 1.84. The Bertz CT molecular complexity index is 798. The van der Waals surface area contributed by atoms with Gasteiger partial charge in [-0.05, 0) is 42.3 Å². The number of nitrogens with one attached hydrogen (secondary N) is 2. The Morgan fingerprint density at radius 1 is 1.04 bits per heavy atom. The lowest BCUT2D eigenvalue weighted by molar-refractivity contribution is 0.676. The van der Waals surface area contributed by atoms with Crippen LogP contribution in [0.5, 0.6) is 0 Å². The molecule has 0 bridgehead atoms. The predicted molar refractivity (Wildman–Crippen MR) is 108 cm³/mol. The van der Waals surface area contributed by atoms with E-state index in [9.17, 15) is 0 Å². The number of hydrogen-bond donors (Lipinski definition) is 2. The fraction of sp³-hybridized carbons (Fsp3) is 0.286. The number of aromatic nitrogens is 2. The van der Waals surface area contributed by atoms with Gasteiger partial charge in [-0.25, -0.2) is 0 Å². The van der Waals surface area contributed by atoms with Crippen LogP contribution in [-0.4, -0.2) is 22.7 Å². The highest BCUT2D eigenvalue weighted by atomic mass is 35.5. The van der Waals surface area contributed by atoms with Crippen LogP contribution in [0.2, 0.25) is 5.02 Å². The molecule has 2 aromatic heterocycles. The van der Waals surface area contributed by atoms with Crippen molar-refractivity contribution in [3.8, 4) is 22.5 Å². The predicted octanol–water partition coefficient (Wildman–Crippen LogP) is 6.33. The van der Waals surface area contributed by atoms with Gasteiger partial charge in [0.15, 0.2) is 0 Å². The first kappa shape index (κ1) is 17.6. The van der Waals surface area contributed by atoms with Crippen LogP contribution in [0.4, 0.5) is 0 Å². The Kier molecular flexibility index (Phi) is 6.13. The summed E-state index contributed by atoms with van der Waals surface area (Å²) in [6.45, 7) is 3.10. The van der Waals surface area contributed by atoms with Crippen LogP contribution in [0.3, 0.4) is 0 Å². The van der Waals surface area contributed by atoms with E-state index in [2.05, 4.69) is 34.0 Å². The molecule has 0 aliphatic heterocycles. The zero-order valence-electron chi connectivity index (χ0n) is 14.6. The summed E-state index contributed by atoms with van der Waals surface area (Å²) in [5.41, 5.74) is 5.42. The van der Waals surface area contributed by atoms with E-state index in [1.165, 1.54) is 19.3 Å². The number of aliphatic imine (C=N–C) groups is 1. The normalized spacial score (nSPS) is 11.4. The summed E-state index contributed by atoms with van der Waals surface area (Å²) in [5, 5.41) is 0.745. The van der Waals surface area contributed by atoms with Gasteiger partial charge < -0.3 is 9.97 Å². The third-order valence-corrected chi connectivity index (χ3v) is 4.50. The highest BCUT2D eigenvalue weighted by molar-refractivity contribution is 6.30. The van der Waals surface area contributed by atoms with Gasteiger partial charge in [0.05, 0.1) is 17.1 Å². The van der Waals surface area contributed by atoms with E-state index in [0.29, 0.717) is 0 Å². The zero-order valence-corrected chi connectivity index (χ0v) is 15.3. The van der Waals surface area contributed by atoms with Crippen LogP contribution in [-0.2, 0) is 0 Å². The molecule has 0 atom stereocenters. The maximum atomic E-state index is 6.03. The summed E-state index contributed by atoms with van der Waals surface area (Å²) < 4.78 is 0. The molecular weight excluding hydrogens is 330 g/mol. The number of benzene rings is 1. The lowest BCUT2D eigenvalue weighted by atomic mass is 10.1. The van der Waals surface area contributed by atoms with E-state index in [0.717, 1.165) is 46.2 Å². The number of rotatable bonds is 8. The first-order valence-electron chi connectivity index (χ1n) is 8.90. The van der Waals surface area contributed by atoms with Crippen LogP contribution in [0, 0.1) is 0 Å². The average Bonchev–Trinajstić information content (AvgIpc) is 3.28. The first-order valence-corrected chi connectivity index (χ1v) is 9.28. The van der Waals surface area contributed by atoms with E-state index >= 15 is 0 Å². The first-order chi connectivity index (χ1) is 12.3. The van der Waals surface area contributed by atoms with Gasteiger partial charge >= 0.3 is 0 Å². The molecule has 0 saturated carbocycles. The van der Waals surface area contributed by atoms with Crippen LogP contribution < -0.4 is 0 Å². The molecule has 4 heteroatoms. The van der Waals surface area contributed by atoms with Crippen LogP contribution in [0.25, 0.3) is 22.5 Å². The molecule has 25 heavy (non-hydrogen) atoms. The summed E-state index contributed by atoms with van der Waals surface area (Å²) in [6.07, 6.45) is 8.81. The van der Waals surface area contributed by atoms with Crippen LogP contribution in [0.15, 0.2) is 53.7 Å². The molecule has 0 aliphatic carbocycles. The summed E-state index contributed by atoms with van der Waals surface area (Å²) in [6, 6.07) is 14.1. The maximum Gasteiger partial charge on any atom is 0.0646 e. The van der Waals surface area contributed by atoms with Gasteiger partial charge in [-0.3, -0.25) is 4.99 Å². The number of aromatic amines is 2. The SMILES string of the molecule is CCCCCCN=Cc1[nH]c(-c2ccc[nH]2)cc1-c1ccc(Cl)cc1. The second-order valence-electron chi connectivity index (χ2n) is 6.20. The van der Waals surface area contributed by atoms with Gasteiger partial charge in [-0.15, -0.1) is 0 Å². The van der Waals surface area contributed by atoms with Gasteiger partial charge in [0.2, 0.25) is 0 Å². The van der Waals surface area contributed by atoms with E-state index < -0.39 is 0 Å². The molecule has 0 radical (unpaired) electrons. The fourth-order valence-corrected chi connectivity index (χ4v) is 3.00. The van der Waals surface area contributed by atoms with Gasteiger partial charge in [-0.1, -0.05) is 49.9 Å². The van der Waals surface area contributed by atoms with Crippen LogP contribution >= 0.6 is 11.6 Å². The molecule has 3 aromatic rings. The van der Waals surface area contributed by atoms with E-state index in [4.69, 9.17) is 11.6 Å². The van der Waals surface area contributed by atoms with Gasteiger partial charge in [0, 0.05) is 29.5 Å². The maximum absolute atomic E-state index is 6.03. The lowest BCUT2D eigenvalue weighted by Gasteiger charge is -2.01. The van der Waals surface area contributed by atoms with E-state index in [1.807, 2.05) is 42.7 Å². The van der Waals surface area contributed by atoms with E-state index in [-0.39, 0.29) is 0 Å². The minimum absolute atomic E-state index is 0.745. The Morgan fingerprint density at radius 3 is 2.60 bits per heavy atom. The topological polar surface area (TPSA) is 43.9 Å². The molecule has 130 valence electrons. The smallest absolute Gasteiger partial charge is 0.0646 e. The van der Waals surface area contributed by atoms with Crippen molar-refractivity contribution in [3.05, 3.63) is 59.4 Å². The Morgan fingerprint density at radius 2 is 1.88 bits per heavy atom. The number of nitrogens with zero attached hydrogens (tertiary/aromatic N) is 1. The largest absolute Gasteiger partial charge is 0.360 e. The van der Waals surface area contributed by atoms with Crippen molar-refractivity contribution in [3.63, 3.8) is 0 Å². The highest BCUT2D eigenvalue weighted by Gasteiger charge is 2.10. The van der Waals surface area contributed by atoms with Gasteiger partial charge in [0.25, 0.3) is 0 Å². The van der Waals surface area contributed by atoms with Crippen molar-refractivity contribution in [2.45, 2.75) is 32.6 Å². The quantitative estimate of drug-likeness (QED) is 0.351. The number of unbranched alkanes of at least 4 members (excludes halogenated alkanes) is 3. The van der Waals surface area contributed by atoms with Crippen molar-refractivity contribution in [2.24, 2.45) is 4.99 Å². The Hall–Kier alpha value is -2.26. The molecule has 0 aliphatic rings.